The lowest BCUT2D eigenvalue weighted by Crippen LogP contribution is -2.15. The Bertz CT molecular complexity index is 1180. The van der Waals surface area contributed by atoms with E-state index in [1.54, 1.807) is 29.2 Å². The lowest BCUT2D eigenvalue weighted by molar-refractivity contribution is 0.0845. The van der Waals surface area contributed by atoms with Gasteiger partial charge in [0.15, 0.2) is 5.65 Å². The van der Waals surface area contributed by atoms with Gasteiger partial charge in [0.05, 0.1) is 5.69 Å². The number of fused-ring (bicyclic) bond motifs is 1. The first-order chi connectivity index (χ1) is 15.0. The van der Waals surface area contributed by atoms with Crippen molar-refractivity contribution < 1.29 is 9.13 Å². The van der Waals surface area contributed by atoms with Crippen LogP contribution in [0.3, 0.4) is 0 Å². The van der Waals surface area contributed by atoms with E-state index in [0.29, 0.717) is 40.5 Å². The minimum Gasteiger partial charge on any atom is -0.381 e. The lowest BCUT2D eigenvalue weighted by atomic mass is 9.93. The molecule has 0 unspecified atom stereocenters. The van der Waals surface area contributed by atoms with Crippen molar-refractivity contribution in [2.24, 2.45) is 7.05 Å². The molecule has 0 radical (unpaired) electrons. The van der Waals surface area contributed by atoms with Crippen molar-refractivity contribution in [1.82, 2.24) is 24.7 Å². The van der Waals surface area contributed by atoms with Gasteiger partial charge in [-0.1, -0.05) is 11.6 Å². The van der Waals surface area contributed by atoms with E-state index < -0.39 is 0 Å². The number of nitrogens with zero attached hydrogens (tertiary/aromatic N) is 5. The van der Waals surface area contributed by atoms with Gasteiger partial charge in [-0.25, -0.2) is 14.4 Å². The van der Waals surface area contributed by atoms with Crippen molar-refractivity contribution in [3.8, 4) is 11.1 Å². The van der Waals surface area contributed by atoms with E-state index in [1.165, 1.54) is 6.07 Å². The van der Waals surface area contributed by atoms with Crippen molar-refractivity contribution in [2.45, 2.75) is 25.7 Å². The molecule has 31 heavy (non-hydrogen) atoms. The molecule has 3 aromatic heterocycles. The monoisotopic (exact) mass is 439 g/mol. The van der Waals surface area contributed by atoms with Crippen LogP contribution in [0.15, 0.2) is 48.9 Å². The molecule has 4 heterocycles. The molecule has 1 aliphatic rings. The quantitative estimate of drug-likeness (QED) is 0.434. The molecule has 0 atom stereocenters. The number of hydrogen-bond donors (Lipinski definition) is 0. The number of ether oxygens (including phenoxy) is 1. The SMILES string of the molecule is Cc1cnc2c(-c3ccc(Cl)cc3F)cc(C3CCOCC3)nc2n1.Cn1cccn1. The Balaban J connectivity index is 0.000000334. The van der Waals surface area contributed by atoms with Crippen LogP contribution in [0.5, 0.6) is 0 Å². The Morgan fingerprint density at radius 1 is 1.13 bits per heavy atom. The first kappa shape index (κ1) is 21.3. The molecule has 1 aromatic carbocycles. The summed E-state index contributed by atoms with van der Waals surface area (Å²) in [6, 6.07) is 8.51. The van der Waals surface area contributed by atoms with Crippen LogP contribution >= 0.6 is 11.6 Å². The number of halogens is 2. The summed E-state index contributed by atoms with van der Waals surface area (Å²) in [5.41, 5.74) is 4.01. The summed E-state index contributed by atoms with van der Waals surface area (Å²) in [6.07, 6.45) is 7.12. The summed E-state index contributed by atoms with van der Waals surface area (Å²) < 4.78 is 21.7. The largest absolute Gasteiger partial charge is 0.381 e. The van der Waals surface area contributed by atoms with Gasteiger partial charge in [0.1, 0.15) is 11.3 Å². The van der Waals surface area contributed by atoms with Crippen LogP contribution in [0.4, 0.5) is 4.39 Å². The molecule has 0 spiro atoms. The number of aryl methyl sites for hydroxylation is 2. The van der Waals surface area contributed by atoms with E-state index in [2.05, 4.69) is 15.1 Å². The second-order valence-electron chi connectivity index (χ2n) is 7.47. The topological polar surface area (TPSA) is 65.7 Å². The van der Waals surface area contributed by atoms with Crippen LogP contribution in [0.1, 0.15) is 30.1 Å². The number of benzene rings is 1. The molecule has 0 N–H and O–H groups in total. The summed E-state index contributed by atoms with van der Waals surface area (Å²) in [5, 5.41) is 4.20. The van der Waals surface area contributed by atoms with Crippen molar-refractivity contribution in [2.75, 3.05) is 13.2 Å². The van der Waals surface area contributed by atoms with E-state index >= 15 is 0 Å². The molecular formula is C23H23ClFN5O. The maximum absolute atomic E-state index is 14.5. The highest BCUT2D eigenvalue weighted by atomic mass is 35.5. The number of hydrogen-bond acceptors (Lipinski definition) is 5. The fourth-order valence-corrected chi connectivity index (χ4v) is 3.72. The molecule has 5 rings (SSSR count). The molecule has 1 aliphatic heterocycles. The van der Waals surface area contributed by atoms with Crippen molar-refractivity contribution in [1.29, 1.82) is 0 Å². The van der Waals surface area contributed by atoms with E-state index in [0.717, 1.165) is 24.2 Å². The Kier molecular flexibility index (Phi) is 6.53. The molecule has 8 heteroatoms. The summed E-state index contributed by atoms with van der Waals surface area (Å²) in [4.78, 5) is 13.7. The summed E-state index contributed by atoms with van der Waals surface area (Å²) in [7, 11) is 1.89. The van der Waals surface area contributed by atoms with Gasteiger partial charge in [0.25, 0.3) is 0 Å². The zero-order chi connectivity index (χ0) is 21.8. The minimum atomic E-state index is -0.375. The molecule has 0 saturated carbocycles. The Morgan fingerprint density at radius 2 is 1.94 bits per heavy atom. The first-order valence-corrected chi connectivity index (χ1v) is 10.5. The van der Waals surface area contributed by atoms with Gasteiger partial charge >= 0.3 is 0 Å². The van der Waals surface area contributed by atoms with Gasteiger partial charge in [-0.15, -0.1) is 0 Å². The normalized spacial score (nSPS) is 14.3. The van der Waals surface area contributed by atoms with E-state index in [4.69, 9.17) is 21.3 Å². The molecule has 1 fully saturated rings. The van der Waals surface area contributed by atoms with Gasteiger partial charge < -0.3 is 4.74 Å². The molecule has 0 amide bonds. The third-order valence-electron chi connectivity index (χ3n) is 5.15. The lowest BCUT2D eigenvalue weighted by Gasteiger charge is -2.22. The van der Waals surface area contributed by atoms with E-state index in [1.807, 2.05) is 32.3 Å². The second kappa shape index (κ2) is 9.49. The maximum atomic E-state index is 14.5. The third-order valence-corrected chi connectivity index (χ3v) is 5.39. The summed E-state index contributed by atoms with van der Waals surface area (Å²) in [6.45, 7) is 3.31. The third kappa shape index (κ3) is 5.06. The second-order valence-corrected chi connectivity index (χ2v) is 7.91. The highest BCUT2D eigenvalue weighted by Gasteiger charge is 2.21. The van der Waals surface area contributed by atoms with Crippen molar-refractivity contribution in [3.63, 3.8) is 0 Å². The Hall–Kier alpha value is -2.90. The summed E-state index contributed by atoms with van der Waals surface area (Å²) >= 11 is 5.90. The number of aromatic nitrogens is 5. The van der Waals surface area contributed by atoms with Gasteiger partial charge in [-0.05, 0) is 50.1 Å². The van der Waals surface area contributed by atoms with Crippen LogP contribution in [-0.2, 0) is 11.8 Å². The fourth-order valence-electron chi connectivity index (χ4n) is 3.56. The smallest absolute Gasteiger partial charge is 0.179 e. The van der Waals surface area contributed by atoms with Crippen LogP contribution in [0.25, 0.3) is 22.3 Å². The molecule has 0 aliphatic carbocycles. The Labute approximate surface area is 185 Å². The maximum Gasteiger partial charge on any atom is 0.179 e. The molecule has 160 valence electrons. The predicted octanol–water partition coefficient (Wildman–Crippen LogP) is 5.11. The van der Waals surface area contributed by atoms with Gasteiger partial charge in [0, 0.05) is 66.6 Å². The number of pyridine rings is 1. The number of rotatable bonds is 2. The molecule has 6 nitrogen and oxygen atoms in total. The standard InChI is InChI=1S/C19H17ClFN3O.C4H6N2/c1-11-10-22-18-15(14-3-2-13(20)8-16(14)21)9-17(24-19(18)23-11)12-4-6-25-7-5-12;1-6-4-2-3-5-6/h2-3,8-10,12H,4-7H2,1H3;2-4H,1H3. The van der Waals surface area contributed by atoms with Gasteiger partial charge in [0.2, 0.25) is 0 Å². The van der Waals surface area contributed by atoms with Gasteiger partial charge in [-0.2, -0.15) is 5.10 Å². The van der Waals surface area contributed by atoms with E-state index in [-0.39, 0.29) is 11.7 Å². The van der Waals surface area contributed by atoms with E-state index in [9.17, 15) is 4.39 Å². The van der Waals surface area contributed by atoms with Gasteiger partial charge in [-0.3, -0.25) is 9.67 Å². The molecule has 0 bridgehead atoms. The average Bonchev–Trinajstić information content (AvgIpc) is 3.25. The zero-order valence-electron chi connectivity index (χ0n) is 17.4. The molecular weight excluding hydrogens is 417 g/mol. The molecule has 1 saturated heterocycles. The van der Waals surface area contributed by atoms with Crippen LogP contribution in [0, 0.1) is 12.7 Å². The minimum absolute atomic E-state index is 0.287. The molecule has 4 aromatic rings. The predicted molar refractivity (Wildman–Crippen MR) is 118 cm³/mol. The van der Waals surface area contributed by atoms with Crippen LogP contribution in [-0.4, -0.2) is 37.9 Å². The fraction of sp³-hybridized carbons (Fsp3) is 0.304. The average molecular weight is 440 g/mol. The zero-order valence-corrected chi connectivity index (χ0v) is 18.2. The van der Waals surface area contributed by atoms with Crippen LogP contribution < -0.4 is 0 Å². The highest BCUT2D eigenvalue weighted by Crippen LogP contribution is 2.34. The summed E-state index contributed by atoms with van der Waals surface area (Å²) in [5.74, 6) is -0.0881. The highest BCUT2D eigenvalue weighted by molar-refractivity contribution is 6.30. The van der Waals surface area contributed by atoms with Crippen molar-refractivity contribution >= 4 is 22.8 Å². The first-order valence-electron chi connectivity index (χ1n) is 10.1. The Morgan fingerprint density at radius 3 is 2.58 bits per heavy atom. The van der Waals surface area contributed by atoms with Crippen LogP contribution in [0.2, 0.25) is 5.02 Å². The van der Waals surface area contributed by atoms with Crippen molar-refractivity contribution in [3.05, 3.63) is 71.2 Å².